The van der Waals surface area contributed by atoms with E-state index in [0.29, 0.717) is 10.1 Å². The normalized spacial score (nSPS) is 11.0. The van der Waals surface area contributed by atoms with Gasteiger partial charge in [-0.05, 0) is 31.2 Å². The van der Waals surface area contributed by atoms with Crippen molar-refractivity contribution in [1.29, 1.82) is 5.26 Å². The van der Waals surface area contributed by atoms with Crippen molar-refractivity contribution in [2.24, 2.45) is 14.1 Å². The van der Waals surface area contributed by atoms with Gasteiger partial charge in [0.1, 0.15) is 5.75 Å². The van der Waals surface area contributed by atoms with Gasteiger partial charge < -0.3 is 4.18 Å². The lowest BCUT2D eigenvalue weighted by molar-refractivity contribution is 0.478. The molecule has 0 aliphatic heterocycles. The molecular formula is C14H13N3O5S. The van der Waals surface area contributed by atoms with Crippen molar-refractivity contribution in [3.8, 4) is 11.8 Å². The maximum atomic E-state index is 12.4. The van der Waals surface area contributed by atoms with Gasteiger partial charge >= 0.3 is 15.8 Å². The molecule has 0 atom stereocenters. The van der Waals surface area contributed by atoms with Crippen LogP contribution in [0.25, 0.3) is 0 Å². The van der Waals surface area contributed by atoms with Crippen molar-refractivity contribution in [3.63, 3.8) is 0 Å². The molecule has 120 valence electrons. The lowest BCUT2D eigenvalue weighted by Gasteiger charge is -2.12. The minimum Gasteiger partial charge on any atom is -0.379 e. The molecule has 0 radical (unpaired) electrons. The molecular weight excluding hydrogens is 322 g/mol. The summed E-state index contributed by atoms with van der Waals surface area (Å²) in [4.78, 5) is 23.3. The van der Waals surface area contributed by atoms with Crippen LogP contribution in [-0.4, -0.2) is 17.6 Å². The van der Waals surface area contributed by atoms with Crippen molar-refractivity contribution in [2.45, 2.75) is 11.8 Å². The Morgan fingerprint density at radius 2 is 1.65 bits per heavy atom. The van der Waals surface area contributed by atoms with Gasteiger partial charge in [0, 0.05) is 19.8 Å². The number of aromatic nitrogens is 2. The molecule has 0 spiro atoms. The Morgan fingerprint density at radius 1 is 1.09 bits per heavy atom. The zero-order valence-electron chi connectivity index (χ0n) is 12.6. The molecule has 0 aliphatic rings. The van der Waals surface area contributed by atoms with E-state index in [1.807, 2.05) is 6.07 Å². The Hall–Kier alpha value is -2.86. The molecule has 0 bridgehead atoms. The Labute approximate surface area is 131 Å². The molecule has 1 aromatic heterocycles. The van der Waals surface area contributed by atoms with Gasteiger partial charge in [-0.1, -0.05) is 0 Å². The lowest BCUT2D eigenvalue weighted by atomic mass is 10.2. The van der Waals surface area contributed by atoms with Crippen LogP contribution >= 0.6 is 0 Å². The fourth-order valence-electron chi connectivity index (χ4n) is 1.96. The summed E-state index contributed by atoms with van der Waals surface area (Å²) in [7, 11) is -1.89. The lowest BCUT2D eigenvalue weighted by Crippen LogP contribution is -2.41. The fraction of sp³-hybridized carbons (Fsp3) is 0.214. The van der Waals surface area contributed by atoms with Crippen molar-refractivity contribution in [3.05, 3.63) is 56.4 Å². The third-order valence-electron chi connectivity index (χ3n) is 3.34. The smallest absolute Gasteiger partial charge is 0.346 e. The summed E-state index contributed by atoms with van der Waals surface area (Å²) >= 11 is 0. The van der Waals surface area contributed by atoms with Gasteiger partial charge in [0.05, 0.1) is 11.6 Å². The van der Waals surface area contributed by atoms with Gasteiger partial charge in [0.25, 0.3) is 5.56 Å². The minimum atomic E-state index is -4.43. The summed E-state index contributed by atoms with van der Waals surface area (Å²) in [6.07, 6.45) is 0. The average molecular weight is 335 g/mol. The SMILES string of the molecule is Cc1c(S(=O)(=O)Oc2ccc(C#N)cc2)c(=O)n(C)c(=O)n1C. The molecule has 0 amide bonds. The Bertz CT molecular complexity index is 1020. The standard InChI is InChI=1S/C14H13N3O5S/c1-9-12(13(18)17(3)14(19)16(9)2)23(20,21)22-11-6-4-10(8-15)5-7-11/h4-7H,1-3H3. The predicted molar refractivity (Wildman–Crippen MR) is 80.6 cm³/mol. The molecule has 1 heterocycles. The molecule has 0 saturated heterocycles. The highest BCUT2D eigenvalue weighted by Gasteiger charge is 2.27. The molecule has 2 aromatic rings. The predicted octanol–water partition coefficient (Wildman–Crippen LogP) is 0.0318. The van der Waals surface area contributed by atoms with Crippen LogP contribution < -0.4 is 15.4 Å². The van der Waals surface area contributed by atoms with Crippen LogP contribution in [0.15, 0.2) is 38.8 Å². The first kappa shape index (κ1) is 16.5. The monoisotopic (exact) mass is 335 g/mol. The topological polar surface area (TPSA) is 111 Å². The second-order valence-electron chi connectivity index (χ2n) is 4.79. The highest BCUT2D eigenvalue weighted by molar-refractivity contribution is 7.87. The molecule has 0 unspecified atom stereocenters. The summed E-state index contributed by atoms with van der Waals surface area (Å²) in [5, 5.41) is 8.71. The van der Waals surface area contributed by atoms with E-state index in [9.17, 15) is 18.0 Å². The summed E-state index contributed by atoms with van der Waals surface area (Å²) in [6, 6.07) is 7.27. The van der Waals surface area contributed by atoms with E-state index in [4.69, 9.17) is 9.44 Å². The second-order valence-corrected chi connectivity index (χ2v) is 6.28. The molecule has 2 rings (SSSR count). The highest BCUT2D eigenvalue weighted by atomic mass is 32.2. The summed E-state index contributed by atoms with van der Waals surface area (Å²) in [6.45, 7) is 1.35. The van der Waals surface area contributed by atoms with Crippen LogP contribution in [0.2, 0.25) is 0 Å². The van der Waals surface area contributed by atoms with Crippen molar-refractivity contribution >= 4 is 10.1 Å². The molecule has 23 heavy (non-hydrogen) atoms. The number of hydrogen-bond acceptors (Lipinski definition) is 6. The third kappa shape index (κ3) is 2.89. The number of rotatable bonds is 3. The molecule has 0 saturated carbocycles. The molecule has 1 aromatic carbocycles. The minimum absolute atomic E-state index is 0.0215. The largest absolute Gasteiger partial charge is 0.379 e. The van der Waals surface area contributed by atoms with E-state index in [2.05, 4.69) is 0 Å². The number of benzene rings is 1. The zero-order chi connectivity index (χ0) is 17.4. The molecule has 9 heteroatoms. The maximum absolute atomic E-state index is 12.4. The summed E-state index contributed by atoms with van der Waals surface area (Å²) < 4.78 is 31.5. The van der Waals surface area contributed by atoms with E-state index in [1.165, 1.54) is 45.3 Å². The van der Waals surface area contributed by atoms with E-state index in [0.717, 1.165) is 4.57 Å². The summed E-state index contributed by atoms with van der Waals surface area (Å²) in [5.74, 6) is -0.0423. The number of nitriles is 1. The van der Waals surface area contributed by atoms with E-state index in [1.54, 1.807) is 0 Å². The molecule has 0 N–H and O–H groups in total. The van der Waals surface area contributed by atoms with Crippen molar-refractivity contribution in [1.82, 2.24) is 9.13 Å². The molecule has 0 aliphatic carbocycles. The molecule has 0 fully saturated rings. The van der Waals surface area contributed by atoms with Gasteiger partial charge in [0.2, 0.25) is 0 Å². The fourth-order valence-corrected chi connectivity index (χ4v) is 3.25. The third-order valence-corrected chi connectivity index (χ3v) is 4.73. The van der Waals surface area contributed by atoms with Crippen molar-refractivity contribution in [2.75, 3.05) is 0 Å². The first-order valence-electron chi connectivity index (χ1n) is 6.40. The van der Waals surface area contributed by atoms with Crippen LogP contribution in [0.3, 0.4) is 0 Å². The average Bonchev–Trinajstić information content (AvgIpc) is 2.51. The van der Waals surface area contributed by atoms with Gasteiger partial charge in [0.15, 0.2) is 4.90 Å². The molecule has 8 nitrogen and oxygen atoms in total. The number of hydrogen-bond donors (Lipinski definition) is 0. The van der Waals surface area contributed by atoms with Gasteiger partial charge in [-0.2, -0.15) is 13.7 Å². The van der Waals surface area contributed by atoms with E-state index < -0.39 is 26.3 Å². The van der Waals surface area contributed by atoms with Crippen LogP contribution in [-0.2, 0) is 24.2 Å². The first-order valence-corrected chi connectivity index (χ1v) is 7.81. The quantitative estimate of drug-likeness (QED) is 0.732. The highest BCUT2D eigenvalue weighted by Crippen LogP contribution is 2.18. The second kappa shape index (κ2) is 5.73. The Morgan fingerprint density at radius 3 is 2.17 bits per heavy atom. The Kier molecular flexibility index (Phi) is 4.12. The van der Waals surface area contributed by atoms with Crippen LogP contribution in [0.5, 0.6) is 5.75 Å². The van der Waals surface area contributed by atoms with E-state index in [-0.39, 0.29) is 11.4 Å². The van der Waals surface area contributed by atoms with Crippen molar-refractivity contribution < 1.29 is 12.6 Å². The maximum Gasteiger partial charge on any atom is 0.346 e. The zero-order valence-corrected chi connectivity index (χ0v) is 13.4. The van der Waals surface area contributed by atoms with Crippen LogP contribution in [0, 0.1) is 18.3 Å². The first-order chi connectivity index (χ1) is 10.7. The van der Waals surface area contributed by atoms with Gasteiger partial charge in [-0.15, -0.1) is 0 Å². The summed E-state index contributed by atoms with van der Waals surface area (Å²) in [5.41, 5.74) is -1.28. The van der Waals surface area contributed by atoms with E-state index >= 15 is 0 Å². The van der Waals surface area contributed by atoms with Crippen LogP contribution in [0.4, 0.5) is 0 Å². The van der Waals surface area contributed by atoms with Gasteiger partial charge in [-0.25, -0.2) is 4.79 Å². The van der Waals surface area contributed by atoms with Gasteiger partial charge in [-0.3, -0.25) is 13.9 Å². The van der Waals surface area contributed by atoms with Crippen LogP contribution in [0.1, 0.15) is 11.3 Å². The number of nitrogens with zero attached hydrogens (tertiary/aromatic N) is 3. The Balaban J connectivity index is 2.59.